The molecule has 0 aromatic carbocycles. The Morgan fingerprint density at radius 2 is 1.33 bits per heavy atom. The van der Waals surface area contributed by atoms with E-state index in [-0.39, 0.29) is 24.5 Å². The first-order valence-corrected chi connectivity index (χ1v) is 12.4. The Bertz CT molecular complexity index is 411. The van der Waals surface area contributed by atoms with Crippen LogP contribution in [0.2, 0.25) is 0 Å². The molecule has 0 radical (unpaired) electrons. The lowest BCUT2D eigenvalue weighted by atomic mass is 9.94. The molecule has 0 rings (SSSR count). The molecule has 1 unspecified atom stereocenters. The van der Waals surface area contributed by atoms with Gasteiger partial charge in [0, 0.05) is 6.42 Å². The highest BCUT2D eigenvalue weighted by Crippen LogP contribution is 2.20. The zero-order valence-electron chi connectivity index (χ0n) is 20.5. The number of nitrogens with zero attached hydrogens (tertiary/aromatic N) is 1. The van der Waals surface area contributed by atoms with E-state index in [0.29, 0.717) is 6.42 Å². The van der Waals surface area contributed by atoms with Gasteiger partial charge in [0.1, 0.15) is 12.7 Å². The van der Waals surface area contributed by atoms with E-state index >= 15 is 0 Å². The Labute approximate surface area is 186 Å². The van der Waals surface area contributed by atoms with E-state index in [0.717, 1.165) is 38.6 Å². The molecular formula is C25H49NO4. The van der Waals surface area contributed by atoms with Gasteiger partial charge in [-0.2, -0.15) is 0 Å². The summed E-state index contributed by atoms with van der Waals surface area (Å²) in [6, 6.07) is 0. The van der Waals surface area contributed by atoms with Crippen LogP contribution in [0, 0.1) is 5.92 Å². The molecule has 0 aliphatic carbocycles. The van der Waals surface area contributed by atoms with Gasteiger partial charge in [-0.3, -0.25) is 9.59 Å². The molecule has 0 aliphatic heterocycles. The summed E-state index contributed by atoms with van der Waals surface area (Å²) in [5.74, 6) is -0.350. The molecule has 0 saturated carbocycles. The minimum absolute atomic E-state index is 0.0174. The first-order chi connectivity index (χ1) is 14.4. The average molecular weight is 428 g/mol. The molecular weight excluding hydrogens is 378 g/mol. The maximum atomic E-state index is 12.7. The van der Waals surface area contributed by atoms with Gasteiger partial charge in [-0.1, -0.05) is 78.1 Å². The number of carbonyl (C=O) groups is 2. The van der Waals surface area contributed by atoms with Gasteiger partial charge in [-0.05, 0) is 46.8 Å². The van der Waals surface area contributed by atoms with Gasteiger partial charge in [0.25, 0.3) is 0 Å². The number of carbonyl (C=O) groups excluding carboxylic acids is 2. The summed E-state index contributed by atoms with van der Waals surface area (Å²) in [6.07, 6.45) is 14.6. The van der Waals surface area contributed by atoms with Crippen LogP contribution in [0.25, 0.3) is 0 Å². The molecule has 30 heavy (non-hydrogen) atoms. The Kier molecular flexibility index (Phi) is 19.1. The topological polar surface area (TPSA) is 55.8 Å². The number of unbranched alkanes of at least 4 members (excludes halogenated alkanes) is 8. The summed E-state index contributed by atoms with van der Waals surface area (Å²) in [5, 5.41) is 0. The number of ether oxygens (including phenoxy) is 2. The molecule has 0 N–H and O–H groups in total. The molecule has 0 fully saturated rings. The van der Waals surface area contributed by atoms with E-state index in [2.05, 4.69) is 13.8 Å². The maximum absolute atomic E-state index is 12.7. The molecule has 0 amide bonds. The molecule has 178 valence electrons. The van der Waals surface area contributed by atoms with Crippen LogP contribution >= 0.6 is 0 Å². The fourth-order valence-electron chi connectivity index (χ4n) is 3.54. The number of hydrogen-bond donors (Lipinski definition) is 0. The quantitative estimate of drug-likeness (QED) is 0.172. The van der Waals surface area contributed by atoms with Crippen LogP contribution in [-0.2, 0) is 19.1 Å². The third-order valence-electron chi connectivity index (χ3n) is 5.42. The summed E-state index contributed by atoms with van der Waals surface area (Å²) in [4.78, 5) is 26.6. The number of rotatable bonds is 20. The van der Waals surface area contributed by atoms with Gasteiger partial charge in [0.2, 0.25) is 0 Å². The van der Waals surface area contributed by atoms with Crippen molar-refractivity contribution < 1.29 is 19.1 Å². The van der Waals surface area contributed by atoms with Crippen LogP contribution in [0.5, 0.6) is 0 Å². The van der Waals surface area contributed by atoms with Crippen molar-refractivity contribution in [1.82, 2.24) is 4.90 Å². The van der Waals surface area contributed by atoms with Crippen molar-refractivity contribution in [3.8, 4) is 0 Å². The van der Waals surface area contributed by atoms with Gasteiger partial charge in [-0.15, -0.1) is 0 Å². The summed E-state index contributed by atoms with van der Waals surface area (Å²) in [5.41, 5.74) is 0. The van der Waals surface area contributed by atoms with E-state index in [1.54, 1.807) is 6.92 Å². The van der Waals surface area contributed by atoms with Crippen molar-refractivity contribution in [3.05, 3.63) is 0 Å². The molecule has 0 spiro atoms. The van der Waals surface area contributed by atoms with Crippen molar-refractivity contribution in [2.24, 2.45) is 5.92 Å². The largest absolute Gasteiger partial charge is 0.462 e. The van der Waals surface area contributed by atoms with E-state index < -0.39 is 6.10 Å². The van der Waals surface area contributed by atoms with E-state index in [4.69, 9.17) is 9.47 Å². The normalized spacial score (nSPS) is 12.4. The highest BCUT2D eigenvalue weighted by Gasteiger charge is 2.21. The molecule has 0 aromatic heterocycles. The van der Waals surface area contributed by atoms with Crippen LogP contribution in [-0.4, -0.2) is 50.2 Å². The van der Waals surface area contributed by atoms with E-state index in [9.17, 15) is 9.59 Å². The van der Waals surface area contributed by atoms with Crippen LogP contribution in [0.1, 0.15) is 111 Å². The van der Waals surface area contributed by atoms with Crippen molar-refractivity contribution in [3.63, 3.8) is 0 Å². The fourth-order valence-corrected chi connectivity index (χ4v) is 3.54. The number of esters is 2. The Morgan fingerprint density at radius 1 is 0.800 bits per heavy atom. The zero-order chi connectivity index (χ0) is 22.6. The summed E-state index contributed by atoms with van der Waals surface area (Å²) < 4.78 is 10.9. The Morgan fingerprint density at radius 3 is 1.83 bits per heavy atom. The van der Waals surface area contributed by atoms with Gasteiger partial charge < -0.3 is 14.4 Å². The molecule has 1 atom stereocenters. The first kappa shape index (κ1) is 28.9. The minimum Gasteiger partial charge on any atom is -0.462 e. The van der Waals surface area contributed by atoms with Gasteiger partial charge >= 0.3 is 11.9 Å². The van der Waals surface area contributed by atoms with Crippen LogP contribution in [0.4, 0.5) is 0 Å². The predicted octanol–water partition coefficient (Wildman–Crippen LogP) is 6.14. The molecule has 0 bridgehead atoms. The van der Waals surface area contributed by atoms with Crippen molar-refractivity contribution in [2.45, 2.75) is 117 Å². The van der Waals surface area contributed by atoms with Crippen LogP contribution in [0.15, 0.2) is 0 Å². The molecule has 0 heterocycles. The molecule has 0 aromatic rings. The third kappa shape index (κ3) is 17.7. The summed E-state index contributed by atoms with van der Waals surface area (Å²) >= 11 is 0. The molecule has 5 heteroatoms. The number of hydrogen-bond acceptors (Lipinski definition) is 5. The molecule has 5 nitrogen and oxygen atoms in total. The Hall–Kier alpha value is -1.10. The van der Waals surface area contributed by atoms with E-state index in [1.807, 2.05) is 19.0 Å². The predicted molar refractivity (Wildman–Crippen MR) is 125 cm³/mol. The zero-order valence-corrected chi connectivity index (χ0v) is 20.5. The van der Waals surface area contributed by atoms with Crippen LogP contribution < -0.4 is 0 Å². The van der Waals surface area contributed by atoms with Gasteiger partial charge in [-0.25, -0.2) is 0 Å². The second kappa shape index (κ2) is 19.8. The highest BCUT2D eigenvalue weighted by atomic mass is 16.6. The SMILES string of the molecule is CCCCCCCC(CCCCCCC)C(=O)OCC(C)OC(=O)CCCN(C)C. The molecule has 0 aliphatic rings. The van der Waals surface area contributed by atoms with Crippen molar-refractivity contribution >= 4 is 11.9 Å². The second-order valence-electron chi connectivity index (χ2n) is 8.94. The highest BCUT2D eigenvalue weighted by molar-refractivity contribution is 5.72. The minimum atomic E-state index is -0.393. The lowest BCUT2D eigenvalue weighted by Gasteiger charge is -2.19. The van der Waals surface area contributed by atoms with Crippen molar-refractivity contribution in [1.29, 1.82) is 0 Å². The summed E-state index contributed by atoms with van der Waals surface area (Å²) in [6.45, 7) is 7.23. The van der Waals surface area contributed by atoms with Crippen LogP contribution in [0.3, 0.4) is 0 Å². The van der Waals surface area contributed by atoms with E-state index in [1.165, 1.54) is 51.4 Å². The average Bonchev–Trinajstić information content (AvgIpc) is 2.69. The standard InChI is InChI=1S/C25H49NO4/c1-6-8-10-12-14-17-23(18-15-13-11-9-7-2)25(28)29-21-22(3)30-24(27)19-16-20-26(4)5/h22-23H,6-21H2,1-5H3. The smallest absolute Gasteiger partial charge is 0.309 e. The van der Waals surface area contributed by atoms with Gasteiger partial charge in [0.05, 0.1) is 5.92 Å². The summed E-state index contributed by atoms with van der Waals surface area (Å²) in [7, 11) is 3.97. The lowest BCUT2D eigenvalue weighted by molar-refractivity contribution is -0.160. The fraction of sp³-hybridized carbons (Fsp3) is 0.920. The monoisotopic (exact) mass is 427 g/mol. The lowest BCUT2D eigenvalue weighted by Crippen LogP contribution is -2.26. The second-order valence-corrected chi connectivity index (χ2v) is 8.94. The van der Waals surface area contributed by atoms with Crippen molar-refractivity contribution in [2.75, 3.05) is 27.2 Å². The third-order valence-corrected chi connectivity index (χ3v) is 5.42. The maximum Gasteiger partial charge on any atom is 0.309 e. The Balaban J connectivity index is 4.28. The van der Waals surface area contributed by atoms with Gasteiger partial charge in [0.15, 0.2) is 0 Å². The first-order valence-electron chi connectivity index (χ1n) is 12.4. The molecule has 0 saturated heterocycles.